The molecular formula is C17H21NO. The molecule has 3 N–H and O–H groups in total. The Morgan fingerprint density at radius 2 is 1.58 bits per heavy atom. The van der Waals surface area contributed by atoms with Gasteiger partial charge in [0.1, 0.15) is 0 Å². The minimum Gasteiger partial charge on any atom is -0.388 e. The summed E-state index contributed by atoms with van der Waals surface area (Å²) in [4.78, 5) is 0. The molecule has 0 aromatic heterocycles. The van der Waals surface area contributed by atoms with E-state index in [-0.39, 0.29) is 0 Å². The minimum absolute atomic E-state index is 0.439. The fraction of sp³-hybridized carbons (Fsp3) is 0.294. The van der Waals surface area contributed by atoms with Crippen LogP contribution >= 0.6 is 0 Å². The van der Waals surface area contributed by atoms with Crippen molar-refractivity contribution in [1.29, 1.82) is 0 Å². The van der Waals surface area contributed by atoms with Crippen molar-refractivity contribution in [2.75, 3.05) is 6.54 Å². The lowest BCUT2D eigenvalue weighted by Gasteiger charge is -2.12. The third-order valence-corrected chi connectivity index (χ3v) is 3.31. The number of hydrogen-bond donors (Lipinski definition) is 2. The molecule has 0 aliphatic rings. The van der Waals surface area contributed by atoms with Crippen LogP contribution in [0.25, 0.3) is 0 Å². The lowest BCUT2D eigenvalue weighted by molar-refractivity contribution is 0.178. The Labute approximate surface area is 114 Å². The first-order chi connectivity index (χ1) is 9.29. The Morgan fingerprint density at radius 1 is 0.895 bits per heavy atom. The van der Waals surface area contributed by atoms with Crippen LogP contribution < -0.4 is 5.73 Å². The van der Waals surface area contributed by atoms with Crippen molar-refractivity contribution in [3.63, 3.8) is 0 Å². The molecule has 100 valence electrons. The highest BCUT2D eigenvalue weighted by Gasteiger charge is 2.08. The van der Waals surface area contributed by atoms with Crippen molar-refractivity contribution >= 4 is 0 Å². The molecule has 1 atom stereocenters. The van der Waals surface area contributed by atoms with Crippen LogP contribution in [0.2, 0.25) is 0 Å². The van der Waals surface area contributed by atoms with E-state index in [1.165, 1.54) is 5.56 Å². The molecule has 19 heavy (non-hydrogen) atoms. The van der Waals surface area contributed by atoms with Gasteiger partial charge in [0.25, 0.3) is 0 Å². The Bertz CT molecular complexity index is 478. The summed E-state index contributed by atoms with van der Waals surface area (Å²) in [7, 11) is 0. The number of rotatable bonds is 6. The van der Waals surface area contributed by atoms with Crippen LogP contribution in [0.5, 0.6) is 0 Å². The first-order valence-electron chi connectivity index (χ1n) is 6.80. The summed E-state index contributed by atoms with van der Waals surface area (Å²) in [5.74, 6) is 0. The van der Waals surface area contributed by atoms with E-state index in [4.69, 9.17) is 5.73 Å². The summed E-state index contributed by atoms with van der Waals surface area (Å²) in [5.41, 5.74) is 8.91. The summed E-state index contributed by atoms with van der Waals surface area (Å²) in [6.45, 7) is 0.721. The largest absolute Gasteiger partial charge is 0.388 e. The van der Waals surface area contributed by atoms with E-state index >= 15 is 0 Å². The third-order valence-electron chi connectivity index (χ3n) is 3.31. The van der Waals surface area contributed by atoms with Gasteiger partial charge in [-0.2, -0.15) is 0 Å². The molecule has 2 aromatic rings. The fourth-order valence-corrected chi connectivity index (χ4v) is 2.17. The smallest absolute Gasteiger partial charge is 0.0830 e. The molecule has 2 aromatic carbocycles. The highest BCUT2D eigenvalue weighted by molar-refractivity contribution is 5.26. The van der Waals surface area contributed by atoms with Crippen LogP contribution in [0, 0.1) is 0 Å². The molecule has 0 amide bonds. The Balaban J connectivity index is 1.97. The van der Waals surface area contributed by atoms with Crippen LogP contribution in [0.4, 0.5) is 0 Å². The Hall–Kier alpha value is -1.64. The molecule has 2 nitrogen and oxygen atoms in total. The van der Waals surface area contributed by atoms with Gasteiger partial charge in [-0.1, -0.05) is 54.6 Å². The summed E-state index contributed by atoms with van der Waals surface area (Å²) in [5, 5.41) is 10.2. The maximum absolute atomic E-state index is 10.2. The number of benzene rings is 2. The van der Waals surface area contributed by atoms with Crippen LogP contribution in [-0.2, 0) is 12.8 Å². The van der Waals surface area contributed by atoms with Gasteiger partial charge in [-0.15, -0.1) is 0 Å². The number of hydrogen-bond acceptors (Lipinski definition) is 2. The van der Waals surface area contributed by atoms with Crippen LogP contribution in [0.3, 0.4) is 0 Å². The average Bonchev–Trinajstić information content (AvgIpc) is 2.46. The minimum atomic E-state index is -0.439. The molecule has 0 bridgehead atoms. The molecular weight excluding hydrogens is 234 g/mol. The van der Waals surface area contributed by atoms with Crippen molar-refractivity contribution in [2.24, 2.45) is 5.73 Å². The molecule has 0 saturated heterocycles. The van der Waals surface area contributed by atoms with Gasteiger partial charge < -0.3 is 10.8 Å². The van der Waals surface area contributed by atoms with Crippen LogP contribution in [0.1, 0.15) is 29.2 Å². The van der Waals surface area contributed by atoms with Gasteiger partial charge in [0.15, 0.2) is 0 Å². The van der Waals surface area contributed by atoms with E-state index in [2.05, 4.69) is 12.1 Å². The van der Waals surface area contributed by atoms with Crippen molar-refractivity contribution in [3.05, 3.63) is 71.3 Å². The lowest BCUT2D eigenvalue weighted by Crippen LogP contribution is -2.03. The quantitative estimate of drug-likeness (QED) is 0.833. The number of aliphatic hydroxyl groups excluding tert-OH is 1. The molecule has 0 spiro atoms. The van der Waals surface area contributed by atoms with Gasteiger partial charge in [0.05, 0.1) is 6.10 Å². The van der Waals surface area contributed by atoms with Crippen molar-refractivity contribution in [1.82, 2.24) is 0 Å². The molecule has 0 aliphatic carbocycles. The van der Waals surface area contributed by atoms with E-state index in [0.717, 1.165) is 30.5 Å². The van der Waals surface area contributed by atoms with E-state index in [1.807, 2.05) is 42.5 Å². The molecule has 0 fully saturated rings. The Morgan fingerprint density at radius 3 is 2.21 bits per heavy atom. The summed E-state index contributed by atoms with van der Waals surface area (Å²) >= 11 is 0. The first-order valence-corrected chi connectivity index (χ1v) is 6.80. The Kier molecular flexibility index (Phi) is 5.13. The number of aliphatic hydroxyl groups is 1. The maximum atomic E-state index is 10.2. The van der Waals surface area contributed by atoms with Crippen molar-refractivity contribution < 1.29 is 5.11 Å². The lowest BCUT2D eigenvalue weighted by atomic mass is 9.99. The second-order valence-corrected chi connectivity index (χ2v) is 4.84. The molecule has 2 heteroatoms. The van der Waals surface area contributed by atoms with E-state index < -0.39 is 6.10 Å². The van der Waals surface area contributed by atoms with Gasteiger partial charge in [0, 0.05) is 6.42 Å². The highest BCUT2D eigenvalue weighted by atomic mass is 16.3. The summed E-state index contributed by atoms with van der Waals surface area (Å²) in [6.07, 6.45) is 2.23. The fourth-order valence-electron chi connectivity index (χ4n) is 2.17. The van der Waals surface area contributed by atoms with E-state index in [9.17, 15) is 5.11 Å². The van der Waals surface area contributed by atoms with Gasteiger partial charge in [-0.05, 0) is 36.1 Å². The summed E-state index contributed by atoms with van der Waals surface area (Å²) < 4.78 is 0. The summed E-state index contributed by atoms with van der Waals surface area (Å²) in [6, 6.07) is 18.3. The van der Waals surface area contributed by atoms with Gasteiger partial charge in [-0.3, -0.25) is 0 Å². The monoisotopic (exact) mass is 255 g/mol. The SMILES string of the molecule is NCCCc1ccc(C(O)Cc2ccccc2)cc1. The highest BCUT2D eigenvalue weighted by Crippen LogP contribution is 2.19. The molecule has 0 heterocycles. The van der Waals surface area contributed by atoms with Gasteiger partial charge in [0.2, 0.25) is 0 Å². The van der Waals surface area contributed by atoms with Gasteiger partial charge in [-0.25, -0.2) is 0 Å². The molecule has 2 rings (SSSR count). The van der Waals surface area contributed by atoms with Crippen molar-refractivity contribution in [3.8, 4) is 0 Å². The third kappa shape index (κ3) is 4.19. The van der Waals surface area contributed by atoms with E-state index in [1.54, 1.807) is 0 Å². The number of aryl methyl sites for hydroxylation is 1. The van der Waals surface area contributed by atoms with Gasteiger partial charge >= 0.3 is 0 Å². The molecule has 0 aliphatic heterocycles. The number of nitrogens with two attached hydrogens (primary N) is 1. The maximum Gasteiger partial charge on any atom is 0.0830 e. The zero-order chi connectivity index (χ0) is 13.5. The predicted octanol–water partition coefficient (Wildman–Crippen LogP) is 2.85. The topological polar surface area (TPSA) is 46.2 Å². The van der Waals surface area contributed by atoms with Crippen molar-refractivity contribution in [2.45, 2.75) is 25.4 Å². The van der Waals surface area contributed by atoms with Crippen LogP contribution in [-0.4, -0.2) is 11.7 Å². The zero-order valence-electron chi connectivity index (χ0n) is 11.1. The predicted molar refractivity (Wildman–Crippen MR) is 78.9 cm³/mol. The molecule has 0 radical (unpaired) electrons. The molecule has 0 saturated carbocycles. The standard InChI is InChI=1S/C17H21NO/c18-12-4-7-14-8-10-16(11-9-14)17(19)13-15-5-2-1-3-6-15/h1-3,5-6,8-11,17,19H,4,7,12-13,18H2. The molecule has 1 unspecified atom stereocenters. The van der Waals surface area contributed by atoms with Crippen LogP contribution in [0.15, 0.2) is 54.6 Å². The normalized spacial score (nSPS) is 12.3. The van der Waals surface area contributed by atoms with E-state index in [0.29, 0.717) is 6.42 Å². The first kappa shape index (κ1) is 13.8. The zero-order valence-corrected chi connectivity index (χ0v) is 11.1. The second-order valence-electron chi connectivity index (χ2n) is 4.84. The average molecular weight is 255 g/mol. The second kappa shape index (κ2) is 7.07.